The summed E-state index contributed by atoms with van der Waals surface area (Å²) >= 11 is 6.29. The number of thioether (sulfide) groups is 1. The Hall–Kier alpha value is -2.19. The number of halogens is 4. The van der Waals surface area contributed by atoms with Crippen LogP contribution in [0.15, 0.2) is 39.7 Å². The van der Waals surface area contributed by atoms with Crippen molar-refractivity contribution >= 4 is 40.6 Å². The summed E-state index contributed by atoms with van der Waals surface area (Å²) in [7, 11) is 0. The number of alkyl halides is 3. The lowest BCUT2D eigenvalue weighted by Crippen LogP contribution is -2.17. The predicted octanol–water partition coefficient (Wildman–Crippen LogP) is 4.94. The van der Waals surface area contributed by atoms with Crippen molar-refractivity contribution in [2.75, 3.05) is 0 Å². The van der Waals surface area contributed by atoms with Gasteiger partial charge in [0.15, 0.2) is 0 Å². The maximum absolute atomic E-state index is 12.9. The maximum atomic E-state index is 12.9. The lowest BCUT2D eigenvalue weighted by Gasteiger charge is -2.09. The number of rotatable bonds is 2. The number of carbonyl (C=O) groups is 2. The van der Waals surface area contributed by atoms with Gasteiger partial charge in [0.1, 0.15) is 11.5 Å². The quantitative estimate of drug-likeness (QED) is 0.757. The molecular formula is C15H7ClF3NO3S. The van der Waals surface area contributed by atoms with Crippen molar-refractivity contribution < 1.29 is 27.2 Å². The topological polar surface area (TPSA) is 59.3 Å². The fourth-order valence-corrected chi connectivity index (χ4v) is 2.92. The molecule has 124 valence electrons. The molecule has 1 aromatic heterocycles. The minimum Gasteiger partial charge on any atom is -0.457 e. The largest absolute Gasteiger partial charge is 0.457 e. The molecular weight excluding hydrogens is 367 g/mol. The Morgan fingerprint density at radius 3 is 2.54 bits per heavy atom. The van der Waals surface area contributed by atoms with Crippen LogP contribution in [0, 0.1) is 0 Å². The molecule has 2 aromatic rings. The molecule has 0 saturated carbocycles. The van der Waals surface area contributed by atoms with Crippen LogP contribution in [0.2, 0.25) is 5.02 Å². The van der Waals surface area contributed by atoms with Gasteiger partial charge in [0.05, 0.1) is 15.5 Å². The lowest BCUT2D eigenvalue weighted by atomic mass is 10.1. The van der Waals surface area contributed by atoms with Gasteiger partial charge in [0.25, 0.3) is 11.1 Å². The van der Waals surface area contributed by atoms with Crippen molar-refractivity contribution in [2.45, 2.75) is 6.18 Å². The van der Waals surface area contributed by atoms with Gasteiger partial charge in [-0.05, 0) is 42.1 Å². The van der Waals surface area contributed by atoms with Gasteiger partial charge in [-0.15, -0.1) is 0 Å². The monoisotopic (exact) mass is 373 g/mol. The number of imide groups is 1. The molecule has 1 aromatic carbocycles. The second kappa shape index (κ2) is 6.03. The summed E-state index contributed by atoms with van der Waals surface area (Å²) in [4.78, 5) is 22.7. The average Bonchev–Trinajstić information content (AvgIpc) is 3.06. The van der Waals surface area contributed by atoms with Crippen molar-refractivity contribution in [3.63, 3.8) is 0 Å². The molecule has 9 heteroatoms. The molecule has 4 nitrogen and oxygen atoms in total. The van der Waals surface area contributed by atoms with E-state index in [9.17, 15) is 22.8 Å². The summed E-state index contributed by atoms with van der Waals surface area (Å²) in [5.74, 6) is -0.131. The first-order valence-electron chi connectivity index (χ1n) is 6.46. The van der Waals surface area contributed by atoms with E-state index in [0.29, 0.717) is 11.8 Å². The first-order valence-corrected chi connectivity index (χ1v) is 7.65. The number of benzene rings is 1. The fraction of sp³-hybridized carbons (Fsp3) is 0.0667. The van der Waals surface area contributed by atoms with Crippen molar-refractivity contribution in [1.82, 2.24) is 5.32 Å². The Morgan fingerprint density at radius 1 is 1.17 bits per heavy atom. The highest BCUT2D eigenvalue weighted by atomic mass is 35.5. The van der Waals surface area contributed by atoms with Gasteiger partial charge < -0.3 is 4.42 Å². The maximum Gasteiger partial charge on any atom is 0.417 e. The van der Waals surface area contributed by atoms with Crippen LogP contribution in [-0.4, -0.2) is 11.1 Å². The number of hydrogen-bond donors (Lipinski definition) is 1. The van der Waals surface area contributed by atoms with Crippen LogP contribution in [0.25, 0.3) is 17.4 Å². The number of carbonyl (C=O) groups excluding carboxylic acids is 2. The van der Waals surface area contributed by atoms with Crippen LogP contribution in [0.1, 0.15) is 11.3 Å². The number of furan rings is 1. The summed E-state index contributed by atoms with van der Waals surface area (Å²) < 4.78 is 44.1. The first-order chi connectivity index (χ1) is 11.2. The van der Waals surface area contributed by atoms with Crippen LogP contribution in [-0.2, 0) is 11.0 Å². The second-order valence-corrected chi connectivity index (χ2v) is 6.17. The van der Waals surface area contributed by atoms with Gasteiger partial charge in [-0.3, -0.25) is 14.9 Å². The zero-order chi connectivity index (χ0) is 17.5. The first kappa shape index (κ1) is 16.7. The Kier molecular flexibility index (Phi) is 4.18. The SMILES string of the molecule is O=C1NC(=O)/C(=C/c2ccc(-c3ccc(Cl)c(C(F)(F)F)c3)o2)S1. The average molecular weight is 374 g/mol. The van der Waals surface area contributed by atoms with Gasteiger partial charge in [0.2, 0.25) is 0 Å². The molecule has 1 aliphatic rings. The van der Waals surface area contributed by atoms with Crippen LogP contribution in [0.5, 0.6) is 0 Å². The summed E-state index contributed by atoms with van der Waals surface area (Å²) in [5, 5.41) is 1.19. The van der Waals surface area contributed by atoms with E-state index in [1.165, 1.54) is 24.3 Å². The summed E-state index contributed by atoms with van der Waals surface area (Å²) in [5.41, 5.74) is -0.773. The Balaban J connectivity index is 1.93. The number of amides is 2. The molecule has 0 aliphatic carbocycles. The van der Waals surface area contributed by atoms with E-state index in [-0.39, 0.29) is 22.0 Å². The molecule has 2 heterocycles. The number of nitrogens with one attached hydrogen (secondary N) is 1. The van der Waals surface area contributed by atoms with Gasteiger partial charge in [-0.1, -0.05) is 11.6 Å². The minimum absolute atomic E-state index is 0.146. The molecule has 1 saturated heterocycles. The molecule has 0 bridgehead atoms. The molecule has 0 spiro atoms. The van der Waals surface area contributed by atoms with E-state index in [1.54, 1.807) is 0 Å². The lowest BCUT2D eigenvalue weighted by molar-refractivity contribution is -0.137. The van der Waals surface area contributed by atoms with E-state index in [4.69, 9.17) is 16.0 Å². The Labute approximate surface area is 142 Å². The molecule has 2 amide bonds. The fourth-order valence-electron chi connectivity index (χ4n) is 2.03. The third-order valence-corrected chi connectivity index (χ3v) is 4.24. The highest BCUT2D eigenvalue weighted by molar-refractivity contribution is 8.18. The Morgan fingerprint density at radius 2 is 1.92 bits per heavy atom. The van der Waals surface area contributed by atoms with Crippen LogP contribution >= 0.6 is 23.4 Å². The minimum atomic E-state index is -4.58. The summed E-state index contributed by atoms with van der Waals surface area (Å²) in [6.07, 6.45) is -3.24. The molecule has 1 fully saturated rings. The van der Waals surface area contributed by atoms with E-state index in [2.05, 4.69) is 5.32 Å². The molecule has 1 aliphatic heterocycles. The highest BCUT2D eigenvalue weighted by Gasteiger charge is 2.33. The van der Waals surface area contributed by atoms with E-state index in [1.807, 2.05) is 0 Å². The van der Waals surface area contributed by atoms with Gasteiger partial charge in [0, 0.05) is 11.6 Å². The normalized spacial score (nSPS) is 16.8. The van der Waals surface area contributed by atoms with Gasteiger partial charge in [-0.25, -0.2) is 0 Å². The van der Waals surface area contributed by atoms with Crippen LogP contribution < -0.4 is 5.32 Å². The summed E-state index contributed by atoms with van der Waals surface area (Å²) in [6, 6.07) is 6.38. The molecule has 0 atom stereocenters. The number of hydrogen-bond acceptors (Lipinski definition) is 4. The molecule has 1 N–H and O–H groups in total. The van der Waals surface area contributed by atoms with E-state index >= 15 is 0 Å². The van der Waals surface area contributed by atoms with Gasteiger partial charge >= 0.3 is 6.18 Å². The van der Waals surface area contributed by atoms with Crippen LogP contribution in [0.3, 0.4) is 0 Å². The molecule has 0 unspecified atom stereocenters. The zero-order valence-electron chi connectivity index (χ0n) is 11.6. The summed E-state index contributed by atoms with van der Waals surface area (Å²) in [6.45, 7) is 0. The molecule has 0 radical (unpaired) electrons. The molecule has 3 rings (SSSR count). The Bertz CT molecular complexity index is 873. The van der Waals surface area contributed by atoms with Gasteiger partial charge in [-0.2, -0.15) is 13.2 Å². The zero-order valence-corrected chi connectivity index (χ0v) is 13.2. The van der Waals surface area contributed by atoms with Crippen molar-refractivity contribution in [3.8, 4) is 11.3 Å². The van der Waals surface area contributed by atoms with E-state index in [0.717, 1.165) is 12.1 Å². The third-order valence-electron chi connectivity index (χ3n) is 3.10. The van der Waals surface area contributed by atoms with Crippen molar-refractivity contribution in [1.29, 1.82) is 0 Å². The van der Waals surface area contributed by atoms with Crippen molar-refractivity contribution in [3.05, 3.63) is 51.6 Å². The van der Waals surface area contributed by atoms with Crippen molar-refractivity contribution in [2.24, 2.45) is 0 Å². The smallest absolute Gasteiger partial charge is 0.417 e. The van der Waals surface area contributed by atoms with Crippen LogP contribution in [0.4, 0.5) is 18.0 Å². The standard InChI is InChI=1S/C15H7ClF3NO3S/c16-10-3-1-7(5-9(10)15(17,18)19)11-4-2-8(23-11)6-12-13(21)20-14(22)24-12/h1-6H,(H,20,21,22)/b12-6-. The second-order valence-electron chi connectivity index (χ2n) is 4.75. The third kappa shape index (κ3) is 3.34. The highest BCUT2D eigenvalue weighted by Crippen LogP contribution is 2.37. The van der Waals surface area contributed by atoms with E-state index < -0.39 is 27.9 Å². The molecule has 24 heavy (non-hydrogen) atoms. The predicted molar refractivity (Wildman–Crippen MR) is 83.3 cm³/mol.